The molecule has 0 spiro atoms. The van der Waals surface area contributed by atoms with Gasteiger partial charge in [0.15, 0.2) is 0 Å². The van der Waals surface area contributed by atoms with Crippen molar-refractivity contribution < 1.29 is 36.3 Å². The van der Waals surface area contributed by atoms with Crippen LogP contribution in [0.4, 0.5) is 33.5 Å². The molecule has 9 nitrogen and oxygen atoms in total. The number of benzene rings is 1. The molecule has 4 rings (SSSR count). The summed E-state index contributed by atoms with van der Waals surface area (Å²) in [7, 11) is 1.07. The smallest absolute Gasteiger partial charge is 0.383 e. The first-order valence-electron chi connectivity index (χ1n) is 10.8. The van der Waals surface area contributed by atoms with E-state index in [1.807, 2.05) is 0 Å². The zero-order valence-corrected chi connectivity index (χ0v) is 18.9. The zero-order valence-electron chi connectivity index (χ0n) is 18.9. The zero-order chi connectivity index (χ0) is 26.2. The van der Waals surface area contributed by atoms with Crippen molar-refractivity contribution in [3.05, 3.63) is 47.3 Å². The first-order chi connectivity index (χ1) is 17.0. The van der Waals surface area contributed by atoms with Crippen LogP contribution in [0.2, 0.25) is 0 Å². The highest BCUT2D eigenvalue weighted by Gasteiger charge is 2.33. The average molecular weight is 512 g/mol. The lowest BCUT2D eigenvalue weighted by molar-refractivity contribution is -0.142. The number of nitrogens with two attached hydrogens (primary N) is 1. The van der Waals surface area contributed by atoms with Crippen LogP contribution in [-0.4, -0.2) is 45.1 Å². The maximum atomic E-state index is 14.2. The Kier molecular flexibility index (Phi) is 6.80. The lowest BCUT2D eigenvalue weighted by Gasteiger charge is -2.22. The van der Waals surface area contributed by atoms with Crippen LogP contribution >= 0.6 is 0 Å². The standard InChI is InChI=1S/C22H21F5N6O3/c1-32(9-12-14(23)6-11(7-15(12)24)22(25,26)27)21(35)20(34)30-16-8-29-19(28)13-10-33(31-18(13)16)17-4-2-3-5-36-17/h6-8,10,17H,2-5,9H2,1H3,(H2,28,29)(H,30,34). The highest BCUT2D eigenvalue weighted by molar-refractivity contribution is 6.40. The molecule has 1 aliphatic heterocycles. The summed E-state index contributed by atoms with van der Waals surface area (Å²) in [6, 6.07) is 0.250. The number of hydrogen-bond donors (Lipinski definition) is 2. The van der Waals surface area contributed by atoms with E-state index in [9.17, 15) is 31.5 Å². The van der Waals surface area contributed by atoms with E-state index >= 15 is 0 Å². The normalized spacial score (nSPS) is 16.2. The van der Waals surface area contributed by atoms with Crippen molar-refractivity contribution in [2.24, 2.45) is 0 Å². The van der Waals surface area contributed by atoms with Crippen molar-refractivity contribution in [3.8, 4) is 0 Å². The first kappa shape index (κ1) is 25.3. The Hall–Kier alpha value is -3.81. The van der Waals surface area contributed by atoms with Crippen LogP contribution in [0.1, 0.15) is 36.6 Å². The molecule has 3 N–H and O–H groups in total. The number of halogens is 5. The van der Waals surface area contributed by atoms with Gasteiger partial charge in [-0.1, -0.05) is 0 Å². The number of aromatic nitrogens is 3. The number of carbonyl (C=O) groups excluding carboxylic acids is 2. The minimum atomic E-state index is -4.95. The van der Waals surface area contributed by atoms with Crippen molar-refractivity contribution in [2.75, 3.05) is 24.7 Å². The number of fused-ring (bicyclic) bond motifs is 1. The molecule has 192 valence electrons. The van der Waals surface area contributed by atoms with E-state index in [0.29, 0.717) is 16.9 Å². The maximum Gasteiger partial charge on any atom is 0.416 e. The number of amides is 2. The van der Waals surface area contributed by atoms with Crippen molar-refractivity contribution in [3.63, 3.8) is 0 Å². The fraction of sp³-hybridized carbons (Fsp3) is 0.364. The predicted octanol–water partition coefficient (Wildman–Crippen LogP) is 3.61. The second-order valence-corrected chi connectivity index (χ2v) is 8.28. The first-order valence-corrected chi connectivity index (χ1v) is 10.8. The lowest BCUT2D eigenvalue weighted by Crippen LogP contribution is -2.37. The Balaban J connectivity index is 1.51. The summed E-state index contributed by atoms with van der Waals surface area (Å²) in [4.78, 5) is 29.8. The van der Waals surface area contributed by atoms with Crippen LogP contribution in [0, 0.1) is 11.6 Å². The Bertz CT molecular complexity index is 1300. The van der Waals surface area contributed by atoms with Crippen LogP contribution < -0.4 is 11.1 Å². The topological polar surface area (TPSA) is 115 Å². The van der Waals surface area contributed by atoms with Gasteiger partial charge in [-0.3, -0.25) is 9.59 Å². The van der Waals surface area contributed by atoms with Crippen LogP contribution in [0.15, 0.2) is 24.5 Å². The minimum absolute atomic E-state index is 0.0624. The molecule has 1 aromatic carbocycles. The molecule has 1 unspecified atom stereocenters. The average Bonchev–Trinajstić information content (AvgIpc) is 3.29. The van der Waals surface area contributed by atoms with Crippen LogP contribution in [0.5, 0.6) is 0 Å². The number of nitrogen functional groups attached to an aromatic ring is 1. The number of ether oxygens (including phenoxy) is 1. The molecule has 0 bridgehead atoms. The minimum Gasteiger partial charge on any atom is -0.383 e. The summed E-state index contributed by atoms with van der Waals surface area (Å²) >= 11 is 0. The Morgan fingerprint density at radius 1 is 1.25 bits per heavy atom. The summed E-state index contributed by atoms with van der Waals surface area (Å²) < 4.78 is 73.8. The second kappa shape index (κ2) is 9.68. The van der Waals surface area contributed by atoms with Gasteiger partial charge in [-0.2, -0.15) is 18.3 Å². The lowest BCUT2D eigenvalue weighted by atomic mass is 10.1. The van der Waals surface area contributed by atoms with E-state index in [1.54, 1.807) is 10.9 Å². The Morgan fingerprint density at radius 3 is 2.56 bits per heavy atom. The monoisotopic (exact) mass is 512 g/mol. The fourth-order valence-corrected chi connectivity index (χ4v) is 3.79. The number of pyridine rings is 1. The number of hydrogen-bond acceptors (Lipinski definition) is 6. The van der Waals surface area contributed by atoms with E-state index in [-0.39, 0.29) is 35.4 Å². The van der Waals surface area contributed by atoms with E-state index in [1.165, 1.54) is 6.20 Å². The van der Waals surface area contributed by atoms with E-state index in [0.717, 1.165) is 26.3 Å². The number of nitrogens with zero attached hydrogens (tertiary/aromatic N) is 4. The highest BCUT2D eigenvalue weighted by atomic mass is 19.4. The Morgan fingerprint density at radius 2 is 1.94 bits per heavy atom. The molecule has 1 atom stereocenters. The number of alkyl halides is 3. The molecular formula is C22H21F5N6O3. The molecule has 0 aliphatic carbocycles. The molecule has 2 aromatic heterocycles. The number of likely N-dealkylation sites (N-methyl/N-ethyl adjacent to an activating group) is 1. The van der Waals surface area contributed by atoms with Crippen molar-refractivity contribution in [2.45, 2.75) is 38.2 Å². The molecule has 3 aromatic rings. The molecule has 3 heterocycles. The van der Waals surface area contributed by atoms with Crippen molar-refractivity contribution in [1.29, 1.82) is 0 Å². The number of carbonyl (C=O) groups is 2. The maximum absolute atomic E-state index is 14.2. The third kappa shape index (κ3) is 5.08. The predicted molar refractivity (Wildman–Crippen MR) is 117 cm³/mol. The largest absolute Gasteiger partial charge is 0.416 e. The van der Waals surface area contributed by atoms with Gasteiger partial charge in [-0.05, 0) is 31.4 Å². The van der Waals surface area contributed by atoms with Crippen molar-refractivity contribution >= 4 is 34.2 Å². The summed E-state index contributed by atoms with van der Waals surface area (Å²) in [5, 5.41) is 7.18. The SMILES string of the molecule is CN(Cc1c(F)cc(C(F)(F)F)cc1F)C(=O)C(=O)Nc1cnc(N)c2cn(C3CCCCO3)nc12. The highest BCUT2D eigenvalue weighted by Crippen LogP contribution is 2.32. The van der Waals surface area contributed by atoms with Gasteiger partial charge < -0.3 is 20.7 Å². The summed E-state index contributed by atoms with van der Waals surface area (Å²) in [5.74, 6) is -5.23. The third-order valence-electron chi connectivity index (χ3n) is 5.70. The van der Waals surface area contributed by atoms with Gasteiger partial charge in [0.25, 0.3) is 0 Å². The molecule has 14 heteroatoms. The van der Waals surface area contributed by atoms with Gasteiger partial charge in [-0.25, -0.2) is 18.4 Å². The van der Waals surface area contributed by atoms with E-state index in [2.05, 4.69) is 15.4 Å². The van der Waals surface area contributed by atoms with Gasteiger partial charge in [0.2, 0.25) is 0 Å². The number of nitrogens with one attached hydrogen (secondary N) is 1. The number of anilines is 2. The van der Waals surface area contributed by atoms with Gasteiger partial charge in [0, 0.05) is 25.4 Å². The van der Waals surface area contributed by atoms with Crippen molar-refractivity contribution in [1.82, 2.24) is 19.7 Å². The summed E-state index contributed by atoms with van der Waals surface area (Å²) in [6.07, 6.45) is 0.150. The molecule has 1 fully saturated rings. The molecule has 0 saturated carbocycles. The van der Waals surface area contributed by atoms with E-state index < -0.39 is 47.3 Å². The molecule has 1 aliphatic rings. The second-order valence-electron chi connectivity index (χ2n) is 8.28. The van der Waals surface area contributed by atoms with Crippen LogP contribution in [0.25, 0.3) is 10.9 Å². The molecule has 36 heavy (non-hydrogen) atoms. The molecular weight excluding hydrogens is 491 g/mol. The van der Waals surface area contributed by atoms with Crippen LogP contribution in [0.3, 0.4) is 0 Å². The van der Waals surface area contributed by atoms with E-state index in [4.69, 9.17) is 10.5 Å². The van der Waals surface area contributed by atoms with Gasteiger partial charge in [-0.15, -0.1) is 0 Å². The quantitative estimate of drug-likeness (QED) is 0.408. The van der Waals surface area contributed by atoms with Gasteiger partial charge in [0.1, 0.15) is 29.2 Å². The fourth-order valence-electron chi connectivity index (χ4n) is 3.79. The van der Waals surface area contributed by atoms with Crippen LogP contribution in [-0.2, 0) is 27.0 Å². The molecule has 0 radical (unpaired) electrons. The summed E-state index contributed by atoms with van der Waals surface area (Å²) in [6.45, 7) is -0.218. The Labute approximate surface area is 201 Å². The van der Waals surface area contributed by atoms with Gasteiger partial charge in [0.05, 0.1) is 29.4 Å². The molecule has 1 saturated heterocycles. The number of rotatable bonds is 4. The summed E-state index contributed by atoms with van der Waals surface area (Å²) in [5.41, 5.74) is 3.93. The van der Waals surface area contributed by atoms with Gasteiger partial charge >= 0.3 is 18.0 Å². The molecule has 2 amide bonds. The third-order valence-corrected chi connectivity index (χ3v) is 5.70.